The van der Waals surface area contributed by atoms with Gasteiger partial charge in [0.25, 0.3) is 0 Å². The molecule has 4 aromatic heterocycles. The highest BCUT2D eigenvalue weighted by atomic mass is 32.1. The first-order valence-corrected chi connectivity index (χ1v) is 22.6. The monoisotopic (exact) mass is 719 g/mol. The van der Waals surface area contributed by atoms with Gasteiger partial charge in [0.2, 0.25) is 4.80 Å². The van der Waals surface area contributed by atoms with Crippen molar-refractivity contribution in [2.75, 3.05) is 39.3 Å². The molecule has 270 valence electrons. The Labute approximate surface area is 300 Å². The third-order valence-corrected chi connectivity index (χ3v) is 11.9. The molecular formula is C36H53N9O3SSi. The summed E-state index contributed by atoms with van der Waals surface area (Å²) < 4.78 is 15.5. The van der Waals surface area contributed by atoms with Crippen LogP contribution >= 0.6 is 11.3 Å². The Morgan fingerprint density at radius 2 is 1.80 bits per heavy atom. The third kappa shape index (κ3) is 10.1. The first-order valence-electron chi connectivity index (χ1n) is 18.1. The number of fused-ring (bicyclic) bond motifs is 1. The number of piperazine rings is 1. The third-order valence-electron chi connectivity index (χ3n) is 9.14. The Morgan fingerprint density at radius 3 is 2.54 bits per heavy atom. The molecule has 5 heterocycles. The minimum atomic E-state index is -1.17. The van der Waals surface area contributed by atoms with Crippen LogP contribution in [-0.2, 0) is 22.7 Å². The molecule has 1 saturated carbocycles. The fourth-order valence-electron chi connectivity index (χ4n) is 6.25. The number of amides is 1. The van der Waals surface area contributed by atoms with Gasteiger partial charge in [0.15, 0.2) is 5.82 Å². The average Bonchev–Trinajstić information content (AvgIpc) is 3.84. The van der Waals surface area contributed by atoms with Crippen LogP contribution in [0.1, 0.15) is 63.8 Å². The van der Waals surface area contributed by atoms with Crippen molar-refractivity contribution < 1.29 is 14.3 Å². The molecule has 1 aliphatic heterocycles. The maximum atomic E-state index is 12.4. The standard InChI is InChI=1S/C36H53N9O3SSi/c1-36(2,3)48-35(46)43-18-16-42(17-19-43)14-9-15-44-25-29(24-38-44)28-22-31-30(37-23-28)12-13-32(39-31)40-34-45(26-47-20-21-50(4,5)6)41-33(49-34)27-10-7-8-11-27/h12-13,22-25,27H,7-11,14-21,26H2,1-6H3. The minimum Gasteiger partial charge on any atom is -0.444 e. The molecule has 1 saturated heterocycles. The Bertz CT molecular complexity index is 1810. The highest BCUT2D eigenvalue weighted by Crippen LogP contribution is 2.34. The molecule has 0 bridgehead atoms. The molecule has 1 aliphatic carbocycles. The zero-order valence-corrected chi connectivity index (χ0v) is 32.4. The number of aromatic nitrogens is 6. The van der Waals surface area contributed by atoms with Crippen molar-refractivity contribution >= 4 is 42.4 Å². The minimum absolute atomic E-state index is 0.222. The van der Waals surface area contributed by atoms with E-state index in [0.717, 1.165) is 77.2 Å². The Morgan fingerprint density at radius 1 is 1.02 bits per heavy atom. The van der Waals surface area contributed by atoms with E-state index in [1.165, 1.54) is 25.7 Å². The van der Waals surface area contributed by atoms with Gasteiger partial charge in [-0.05, 0) is 64.3 Å². The summed E-state index contributed by atoms with van der Waals surface area (Å²) in [6, 6.07) is 7.10. The van der Waals surface area contributed by atoms with Crippen molar-refractivity contribution in [2.24, 2.45) is 4.99 Å². The van der Waals surface area contributed by atoms with Crippen molar-refractivity contribution in [1.82, 2.24) is 39.3 Å². The summed E-state index contributed by atoms with van der Waals surface area (Å²) in [4.78, 5) is 32.0. The fourth-order valence-corrected chi connectivity index (χ4v) is 8.07. The highest BCUT2D eigenvalue weighted by molar-refractivity contribution is 7.08. The largest absolute Gasteiger partial charge is 0.444 e. The van der Waals surface area contributed by atoms with E-state index in [2.05, 4.69) is 41.9 Å². The molecule has 50 heavy (non-hydrogen) atoms. The summed E-state index contributed by atoms with van der Waals surface area (Å²) >= 11 is 1.67. The summed E-state index contributed by atoms with van der Waals surface area (Å²) in [5.41, 5.74) is 3.12. The van der Waals surface area contributed by atoms with E-state index < -0.39 is 13.7 Å². The molecule has 0 spiro atoms. The Balaban J connectivity index is 1.09. The number of hydrogen-bond donors (Lipinski definition) is 0. The molecule has 6 rings (SSSR count). The zero-order chi connectivity index (χ0) is 35.3. The van der Waals surface area contributed by atoms with Crippen LogP contribution in [0.2, 0.25) is 25.7 Å². The summed E-state index contributed by atoms with van der Waals surface area (Å²) in [5, 5.41) is 10.7. The van der Waals surface area contributed by atoms with Gasteiger partial charge in [0.1, 0.15) is 17.3 Å². The SMILES string of the molecule is CC(C)(C)OC(=O)N1CCN(CCCn2cc(-c3cnc4ccc(N=c5sc(C6CCCC6)nn5COCC[Si](C)(C)C)nc4c3)cn2)CC1. The number of pyridine rings is 2. The summed E-state index contributed by atoms with van der Waals surface area (Å²) in [7, 11) is -1.17. The first kappa shape index (κ1) is 36.3. The van der Waals surface area contributed by atoms with Crippen LogP contribution in [0.15, 0.2) is 41.8 Å². The van der Waals surface area contributed by atoms with E-state index in [1.807, 2.05) is 54.7 Å². The quantitative estimate of drug-likeness (QED) is 0.115. The summed E-state index contributed by atoms with van der Waals surface area (Å²) in [6.45, 7) is 18.8. The van der Waals surface area contributed by atoms with Crippen molar-refractivity contribution in [2.45, 2.75) is 103 Å². The number of hydrogen-bond acceptors (Lipinski definition) is 10. The number of rotatable bonds is 12. The van der Waals surface area contributed by atoms with Crippen LogP contribution < -0.4 is 4.80 Å². The molecule has 14 heteroatoms. The van der Waals surface area contributed by atoms with E-state index >= 15 is 0 Å². The molecule has 0 atom stereocenters. The molecule has 2 fully saturated rings. The lowest BCUT2D eigenvalue weighted by molar-refractivity contribution is 0.0143. The van der Waals surface area contributed by atoms with Gasteiger partial charge in [-0.25, -0.2) is 14.5 Å². The predicted octanol–water partition coefficient (Wildman–Crippen LogP) is 6.90. The number of carbonyl (C=O) groups is 1. The van der Waals surface area contributed by atoms with Gasteiger partial charge in [-0.3, -0.25) is 14.6 Å². The van der Waals surface area contributed by atoms with Crippen LogP contribution in [0.25, 0.3) is 22.2 Å². The lowest BCUT2D eigenvalue weighted by Gasteiger charge is -2.35. The van der Waals surface area contributed by atoms with Crippen LogP contribution in [0, 0.1) is 0 Å². The first-order chi connectivity index (χ1) is 23.9. The molecule has 12 nitrogen and oxygen atoms in total. The highest BCUT2D eigenvalue weighted by Gasteiger charge is 2.26. The Hall–Kier alpha value is -3.46. The van der Waals surface area contributed by atoms with Gasteiger partial charge >= 0.3 is 6.09 Å². The van der Waals surface area contributed by atoms with E-state index in [0.29, 0.717) is 31.6 Å². The molecule has 0 unspecified atom stereocenters. The topological polar surface area (TPSA) is 116 Å². The summed E-state index contributed by atoms with van der Waals surface area (Å²) in [5.74, 6) is 1.15. The number of aryl methyl sites for hydroxylation is 1. The maximum Gasteiger partial charge on any atom is 0.410 e. The van der Waals surface area contributed by atoms with Crippen LogP contribution in [0.5, 0.6) is 0 Å². The number of ether oxygens (including phenoxy) is 2. The van der Waals surface area contributed by atoms with Gasteiger partial charge in [0.05, 0.1) is 17.2 Å². The molecule has 0 radical (unpaired) electrons. The van der Waals surface area contributed by atoms with E-state index in [-0.39, 0.29) is 6.09 Å². The smallest absolute Gasteiger partial charge is 0.410 e. The van der Waals surface area contributed by atoms with Gasteiger partial charge in [0, 0.05) is 83.4 Å². The van der Waals surface area contributed by atoms with Crippen molar-refractivity contribution in [3.8, 4) is 11.1 Å². The molecule has 2 aliphatic rings. The molecular weight excluding hydrogens is 667 g/mol. The Kier molecular flexibility index (Phi) is 11.5. The lowest BCUT2D eigenvalue weighted by Crippen LogP contribution is -2.50. The van der Waals surface area contributed by atoms with Gasteiger partial charge < -0.3 is 14.4 Å². The van der Waals surface area contributed by atoms with E-state index in [1.54, 1.807) is 16.2 Å². The predicted molar refractivity (Wildman–Crippen MR) is 200 cm³/mol. The zero-order valence-electron chi connectivity index (χ0n) is 30.6. The molecule has 4 aromatic rings. The summed E-state index contributed by atoms with van der Waals surface area (Å²) in [6.07, 6.45) is 11.5. The number of nitrogens with zero attached hydrogens (tertiary/aromatic N) is 9. The van der Waals surface area contributed by atoms with E-state index in [9.17, 15) is 4.79 Å². The van der Waals surface area contributed by atoms with Crippen molar-refractivity contribution in [1.29, 1.82) is 0 Å². The lowest BCUT2D eigenvalue weighted by atomic mass is 10.1. The van der Waals surface area contributed by atoms with Crippen molar-refractivity contribution in [3.05, 3.63) is 46.6 Å². The molecule has 0 aromatic carbocycles. The van der Waals surface area contributed by atoms with Crippen LogP contribution in [-0.4, -0.2) is 98.4 Å². The van der Waals surface area contributed by atoms with Crippen LogP contribution in [0.4, 0.5) is 10.6 Å². The second-order valence-corrected chi connectivity index (χ2v) is 22.4. The van der Waals surface area contributed by atoms with Gasteiger partial charge in [-0.2, -0.15) is 15.2 Å². The fraction of sp³-hybridized carbons (Fsp3) is 0.611. The second-order valence-electron chi connectivity index (χ2n) is 15.7. The van der Waals surface area contributed by atoms with Gasteiger partial charge in [-0.1, -0.05) is 43.8 Å². The van der Waals surface area contributed by atoms with E-state index in [4.69, 9.17) is 29.5 Å². The normalized spacial score (nSPS) is 16.9. The average molecular weight is 720 g/mol. The maximum absolute atomic E-state index is 12.4. The van der Waals surface area contributed by atoms with Crippen molar-refractivity contribution in [3.63, 3.8) is 0 Å². The molecule has 1 amide bonds. The molecule has 0 N–H and O–H groups in total. The van der Waals surface area contributed by atoms with Crippen LogP contribution in [0.3, 0.4) is 0 Å². The second kappa shape index (κ2) is 15.8. The number of carbonyl (C=O) groups excluding carboxylic acids is 1. The van der Waals surface area contributed by atoms with Gasteiger partial charge in [-0.15, -0.1) is 0 Å².